The Hall–Kier alpha value is -1.80. The minimum Gasteiger partial charge on any atom is -0.338 e. The summed E-state index contributed by atoms with van der Waals surface area (Å²) in [4.78, 5) is 40.6. The van der Waals surface area contributed by atoms with Gasteiger partial charge in [-0.2, -0.15) is 0 Å². The van der Waals surface area contributed by atoms with Crippen LogP contribution in [-0.4, -0.2) is 53.4 Å². The van der Waals surface area contributed by atoms with E-state index in [0.29, 0.717) is 30.4 Å². The lowest BCUT2D eigenvalue weighted by Crippen LogP contribution is -2.44. The van der Waals surface area contributed by atoms with Gasteiger partial charge in [-0.25, -0.2) is 9.59 Å². The van der Waals surface area contributed by atoms with Crippen LogP contribution in [0.3, 0.4) is 0 Å². The number of nitrogens with one attached hydrogen (secondary N) is 2. The monoisotopic (exact) mass is 398 g/mol. The molecule has 1 aliphatic carbocycles. The molecule has 3 rings (SSSR count). The number of amides is 5. The molecule has 1 spiro atoms. The molecule has 0 radical (unpaired) electrons. The summed E-state index contributed by atoms with van der Waals surface area (Å²) < 4.78 is 0.697. The molecule has 0 unspecified atom stereocenters. The lowest BCUT2D eigenvalue weighted by atomic mass is 9.98. The zero-order chi connectivity index (χ0) is 18.7. The highest BCUT2D eigenvalue weighted by Gasteiger charge is 2.51. The van der Waals surface area contributed by atoms with Crippen molar-refractivity contribution in [2.45, 2.75) is 44.2 Å². The average molecular weight is 399 g/mol. The standard InChI is InChI=1S/C17H23ClN4O3S/c1-21(11-12-5-6-13(18)26-12)15(24)19-9-4-10-22-14(23)17(20-16(22)25)7-2-3-8-17/h5-6H,2-4,7-11H2,1H3,(H,19,24)(H,20,25). The van der Waals surface area contributed by atoms with Gasteiger partial charge in [0.25, 0.3) is 5.91 Å². The summed E-state index contributed by atoms with van der Waals surface area (Å²) in [6.07, 6.45) is 3.92. The first-order chi connectivity index (χ1) is 12.4. The molecule has 2 heterocycles. The average Bonchev–Trinajstić information content (AvgIpc) is 3.28. The Bertz CT molecular complexity index is 702. The van der Waals surface area contributed by atoms with Crippen LogP contribution in [0.5, 0.6) is 0 Å². The Kier molecular flexibility index (Phi) is 5.72. The van der Waals surface area contributed by atoms with E-state index in [1.807, 2.05) is 12.1 Å². The zero-order valence-corrected chi connectivity index (χ0v) is 16.3. The van der Waals surface area contributed by atoms with Crippen molar-refractivity contribution in [2.75, 3.05) is 20.1 Å². The van der Waals surface area contributed by atoms with Gasteiger partial charge in [0.15, 0.2) is 0 Å². The molecule has 5 amide bonds. The number of halogens is 1. The van der Waals surface area contributed by atoms with Crippen LogP contribution in [0, 0.1) is 0 Å². The normalized spacial score (nSPS) is 18.5. The molecule has 2 fully saturated rings. The van der Waals surface area contributed by atoms with Gasteiger partial charge in [0, 0.05) is 25.0 Å². The van der Waals surface area contributed by atoms with Gasteiger partial charge < -0.3 is 15.5 Å². The van der Waals surface area contributed by atoms with E-state index in [9.17, 15) is 14.4 Å². The van der Waals surface area contributed by atoms with E-state index in [1.54, 1.807) is 11.9 Å². The molecule has 1 saturated heterocycles. The molecule has 7 nitrogen and oxygen atoms in total. The lowest BCUT2D eigenvalue weighted by molar-refractivity contribution is -0.131. The molecule has 2 aliphatic rings. The fraction of sp³-hybridized carbons (Fsp3) is 0.588. The minimum atomic E-state index is -0.664. The van der Waals surface area contributed by atoms with Gasteiger partial charge in [0.05, 0.1) is 10.9 Å². The second-order valence-corrected chi connectivity index (χ2v) is 8.62. The summed E-state index contributed by atoms with van der Waals surface area (Å²) in [5.41, 5.74) is -0.664. The number of rotatable bonds is 6. The molecule has 0 aromatic carbocycles. The van der Waals surface area contributed by atoms with Crippen LogP contribution >= 0.6 is 22.9 Å². The van der Waals surface area contributed by atoms with Crippen LogP contribution in [0.15, 0.2) is 12.1 Å². The Morgan fingerprint density at radius 3 is 2.77 bits per heavy atom. The molecular formula is C17H23ClN4O3S. The molecule has 26 heavy (non-hydrogen) atoms. The third kappa shape index (κ3) is 3.96. The highest BCUT2D eigenvalue weighted by molar-refractivity contribution is 7.16. The van der Waals surface area contributed by atoms with E-state index in [4.69, 9.17) is 11.6 Å². The zero-order valence-electron chi connectivity index (χ0n) is 14.7. The molecule has 1 aromatic heterocycles. The maximum absolute atomic E-state index is 12.5. The van der Waals surface area contributed by atoms with Gasteiger partial charge in [-0.05, 0) is 31.4 Å². The van der Waals surface area contributed by atoms with Gasteiger partial charge in [-0.15, -0.1) is 11.3 Å². The number of urea groups is 2. The topological polar surface area (TPSA) is 81.8 Å². The largest absolute Gasteiger partial charge is 0.338 e. The quantitative estimate of drug-likeness (QED) is 0.571. The van der Waals surface area contributed by atoms with Crippen LogP contribution in [0.1, 0.15) is 37.0 Å². The summed E-state index contributed by atoms with van der Waals surface area (Å²) in [5, 5.41) is 5.67. The summed E-state index contributed by atoms with van der Waals surface area (Å²) in [6, 6.07) is 3.20. The first-order valence-corrected chi connectivity index (χ1v) is 9.98. The third-order valence-electron chi connectivity index (χ3n) is 4.91. The number of carbonyl (C=O) groups is 3. The molecular weight excluding hydrogens is 376 g/mol. The molecule has 2 N–H and O–H groups in total. The highest BCUT2D eigenvalue weighted by atomic mass is 35.5. The Morgan fingerprint density at radius 2 is 2.12 bits per heavy atom. The van der Waals surface area contributed by atoms with Gasteiger partial charge >= 0.3 is 12.1 Å². The van der Waals surface area contributed by atoms with Crippen molar-refractivity contribution in [1.29, 1.82) is 0 Å². The SMILES string of the molecule is CN(Cc1ccc(Cl)s1)C(=O)NCCCN1C(=O)NC2(CCCC2)C1=O. The summed E-state index contributed by atoms with van der Waals surface area (Å²) in [6.45, 7) is 1.20. The molecule has 1 aromatic rings. The second kappa shape index (κ2) is 7.84. The van der Waals surface area contributed by atoms with E-state index in [2.05, 4.69) is 10.6 Å². The van der Waals surface area contributed by atoms with Crippen molar-refractivity contribution in [2.24, 2.45) is 0 Å². The van der Waals surface area contributed by atoms with E-state index in [-0.39, 0.29) is 18.0 Å². The van der Waals surface area contributed by atoms with Gasteiger partial charge in [-0.3, -0.25) is 9.69 Å². The molecule has 9 heteroatoms. The van der Waals surface area contributed by atoms with Crippen molar-refractivity contribution < 1.29 is 14.4 Å². The third-order valence-corrected chi connectivity index (χ3v) is 6.12. The Labute approximate surface area is 161 Å². The lowest BCUT2D eigenvalue weighted by Gasteiger charge is -2.20. The second-order valence-electron chi connectivity index (χ2n) is 6.82. The number of imide groups is 1. The summed E-state index contributed by atoms with van der Waals surface area (Å²) in [5.74, 6) is -0.113. The van der Waals surface area contributed by atoms with E-state index in [1.165, 1.54) is 16.2 Å². The van der Waals surface area contributed by atoms with Crippen molar-refractivity contribution in [3.8, 4) is 0 Å². The summed E-state index contributed by atoms with van der Waals surface area (Å²) >= 11 is 7.33. The summed E-state index contributed by atoms with van der Waals surface area (Å²) in [7, 11) is 1.71. The molecule has 0 atom stereocenters. The first-order valence-electron chi connectivity index (χ1n) is 8.78. The number of carbonyl (C=O) groups excluding carboxylic acids is 3. The van der Waals surface area contributed by atoms with Crippen LogP contribution in [0.4, 0.5) is 9.59 Å². The van der Waals surface area contributed by atoms with Gasteiger partial charge in [-0.1, -0.05) is 24.4 Å². The van der Waals surface area contributed by atoms with E-state index >= 15 is 0 Å². The highest BCUT2D eigenvalue weighted by Crippen LogP contribution is 2.34. The van der Waals surface area contributed by atoms with Crippen LogP contribution in [-0.2, 0) is 11.3 Å². The molecule has 142 valence electrons. The first kappa shape index (κ1) is 19.0. The maximum Gasteiger partial charge on any atom is 0.325 e. The smallest absolute Gasteiger partial charge is 0.325 e. The minimum absolute atomic E-state index is 0.113. The van der Waals surface area contributed by atoms with Crippen LogP contribution in [0.2, 0.25) is 4.34 Å². The van der Waals surface area contributed by atoms with E-state index < -0.39 is 5.54 Å². The maximum atomic E-state index is 12.5. The number of hydrogen-bond acceptors (Lipinski definition) is 4. The van der Waals surface area contributed by atoms with Crippen LogP contribution < -0.4 is 10.6 Å². The molecule has 0 bridgehead atoms. The van der Waals surface area contributed by atoms with Crippen molar-refractivity contribution in [3.05, 3.63) is 21.3 Å². The molecule has 1 saturated carbocycles. The Balaban J connectivity index is 1.40. The fourth-order valence-corrected chi connectivity index (χ4v) is 4.65. The molecule has 1 aliphatic heterocycles. The van der Waals surface area contributed by atoms with Gasteiger partial charge in [0.1, 0.15) is 5.54 Å². The van der Waals surface area contributed by atoms with Crippen molar-refractivity contribution >= 4 is 40.9 Å². The fourth-order valence-electron chi connectivity index (χ4n) is 3.51. The van der Waals surface area contributed by atoms with Crippen molar-refractivity contribution in [3.63, 3.8) is 0 Å². The Morgan fingerprint density at radius 1 is 1.38 bits per heavy atom. The predicted molar refractivity (Wildman–Crippen MR) is 100 cm³/mol. The number of thiophene rings is 1. The van der Waals surface area contributed by atoms with Gasteiger partial charge in [0.2, 0.25) is 0 Å². The number of nitrogens with zero attached hydrogens (tertiary/aromatic N) is 2. The van der Waals surface area contributed by atoms with E-state index in [0.717, 1.165) is 30.6 Å². The number of hydrogen-bond donors (Lipinski definition) is 2. The van der Waals surface area contributed by atoms with Crippen LogP contribution in [0.25, 0.3) is 0 Å². The van der Waals surface area contributed by atoms with Crippen molar-refractivity contribution in [1.82, 2.24) is 20.4 Å². The predicted octanol–water partition coefficient (Wildman–Crippen LogP) is 2.80.